The number of aliphatic carboxylic acids is 1. The number of oxime groups is 1. The summed E-state index contributed by atoms with van der Waals surface area (Å²) in [5, 5.41) is 24.9. The third kappa shape index (κ3) is 5.61. The molecule has 0 amide bonds. The average molecular weight is 417 g/mol. The molecule has 1 heterocycles. The molecule has 30 heavy (non-hydrogen) atoms. The van der Waals surface area contributed by atoms with Crippen molar-refractivity contribution in [2.24, 2.45) is 11.1 Å². The molecule has 0 spiro atoms. The van der Waals surface area contributed by atoms with Crippen LogP contribution in [-0.2, 0) is 16.1 Å². The van der Waals surface area contributed by atoms with Crippen LogP contribution < -0.4 is 5.11 Å². The fourth-order valence-corrected chi connectivity index (χ4v) is 3.84. The zero-order valence-electron chi connectivity index (χ0n) is 16.3. The van der Waals surface area contributed by atoms with Crippen molar-refractivity contribution >= 4 is 11.7 Å². The minimum Gasteiger partial charge on any atom is -0.548 e. The smallest absolute Gasteiger partial charge is 0.126 e. The summed E-state index contributed by atoms with van der Waals surface area (Å²) in [6, 6.07) is 11.0. The third-order valence-electron chi connectivity index (χ3n) is 5.25. The van der Waals surface area contributed by atoms with Crippen LogP contribution in [0.1, 0.15) is 24.0 Å². The van der Waals surface area contributed by atoms with Crippen LogP contribution in [0.4, 0.5) is 8.78 Å². The first-order chi connectivity index (χ1) is 14.5. The van der Waals surface area contributed by atoms with E-state index in [1.165, 1.54) is 0 Å². The van der Waals surface area contributed by atoms with Crippen molar-refractivity contribution in [2.75, 3.05) is 19.8 Å². The zero-order valence-corrected chi connectivity index (χ0v) is 16.3. The number of carbonyl (C=O) groups is 1. The molecule has 1 fully saturated rings. The lowest BCUT2D eigenvalue weighted by Crippen LogP contribution is -2.54. The SMILES string of the molecule is O=C([O-])C(C1CCOCC1)N(C/C(=N/O)c1cc(F)cc(F)c1)Cc1ccccc1. The normalized spacial score (nSPS) is 16.6. The van der Waals surface area contributed by atoms with Crippen molar-refractivity contribution in [3.63, 3.8) is 0 Å². The number of carboxylic acid groups (broad SMARTS) is 1. The maximum Gasteiger partial charge on any atom is 0.126 e. The van der Waals surface area contributed by atoms with Crippen LogP contribution in [0.5, 0.6) is 0 Å². The highest BCUT2D eigenvalue weighted by Gasteiger charge is 2.31. The van der Waals surface area contributed by atoms with Gasteiger partial charge in [-0.05, 0) is 36.5 Å². The number of benzene rings is 2. The van der Waals surface area contributed by atoms with Gasteiger partial charge in [0.25, 0.3) is 0 Å². The Morgan fingerprint density at radius 2 is 1.80 bits per heavy atom. The summed E-state index contributed by atoms with van der Waals surface area (Å²) >= 11 is 0. The van der Waals surface area contributed by atoms with Gasteiger partial charge in [0.15, 0.2) is 0 Å². The Morgan fingerprint density at radius 3 is 2.37 bits per heavy atom. The van der Waals surface area contributed by atoms with Crippen molar-refractivity contribution in [3.05, 3.63) is 71.3 Å². The first-order valence-corrected chi connectivity index (χ1v) is 9.72. The molecule has 0 saturated carbocycles. The second-order valence-corrected chi connectivity index (χ2v) is 7.31. The van der Waals surface area contributed by atoms with Gasteiger partial charge in [-0.25, -0.2) is 8.78 Å². The molecule has 6 nitrogen and oxygen atoms in total. The number of carbonyl (C=O) groups excluding carboxylic acids is 1. The molecule has 2 aromatic carbocycles. The number of hydrogen-bond donors (Lipinski definition) is 1. The molecule has 0 aromatic heterocycles. The van der Waals surface area contributed by atoms with E-state index < -0.39 is 23.6 Å². The molecule has 0 radical (unpaired) electrons. The summed E-state index contributed by atoms with van der Waals surface area (Å²) < 4.78 is 32.7. The quantitative estimate of drug-likeness (QED) is 0.404. The molecule has 1 saturated heterocycles. The largest absolute Gasteiger partial charge is 0.548 e. The van der Waals surface area contributed by atoms with Crippen LogP contribution >= 0.6 is 0 Å². The van der Waals surface area contributed by atoms with E-state index in [4.69, 9.17) is 4.74 Å². The summed E-state index contributed by atoms with van der Waals surface area (Å²) in [5.74, 6) is -3.11. The van der Waals surface area contributed by atoms with Gasteiger partial charge >= 0.3 is 0 Å². The lowest BCUT2D eigenvalue weighted by atomic mass is 9.90. The molecule has 8 heteroatoms. The van der Waals surface area contributed by atoms with Crippen LogP contribution in [0.3, 0.4) is 0 Å². The first-order valence-electron chi connectivity index (χ1n) is 9.72. The predicted molar refractivity (Wildman–Crippen MR) is 104 cm³/mol. The molecule has 1 N–H and O–H groups in total. The van der Waals surface area contributed by atoms with E-state index >= 15 is 0 Å². The minimum absolute atomic E-state index is 0.0390. The Kier molecular flexibility index (Phi) is 7.48. The highest BCUT2D eigenvalue weighted by molar-refractivity contribution is 6.01. The summed E-state index contributed by atoms with van der Waals surface area (Å²) in [6.45, 7) is 0.991. The van der Waals surface area contributed by atoms with Gasteiger partial charge in [-0.3, -0.25) is 4.90 Å². The van der Waals surface area contributed by atoms with Gasteiger partial charge in [-0.15, -0.1) is 0 Å². The number of halogens is 2. The fourth-order valence-electron chi connectivity index (χ4n) is 3.84. The maximum absolute atomic E-state index is 13.7. The van der Waals surface area contributed by atoms with Gasteiger partial charge in [0.2, 0.25) is 0 Å². The topological polar surface area (TPSA) is 85.2 Å². The molecule has 3 rings (SSSR count). The molecule has 0 aliphatic carbocycles. The van der Waals surface area contributed by atoms with Gasteiger partial charge in [-0.2, -0.15) is 0 Å². The van der Waals surface area contributed by atoms with E-state index in [1.807, 2.05) is 30.3 Å². The summed E-state index contributed by atoms with van der Waals surface area (Å²) in [5.41, 5.74) is 0.846. The monoisotopic (exact) mass is 417 g/mol. The van der Waals surface area contributed by atoms with Crippen molar-refractivity contribution in [3.8, 4) is 0 Å². The van der Waals surface area contributed by atoms with Crippen LogP contribution in [0.2, 0.25) is 0 Å². The van der Waals surface area contributed by atoms with E-state index in [9.17, 15) is 23.9 Å². The van der Waals surface area contributed by atoms with Gasteiger partial charge < -0.3 is 19.8 Å². The molecular formula is C22H23F2N2O4-. The van der Waals surface area contributed by atoms with E-state index in [1.54, 1.807) is 4.90 Å². The third-order valence-corrected chi connectivity index (χ3v) is 5.25. The average Bonchev–Trinajstić information content (AvgIpc) is 2.72. The number of nitrogens with zero attached hydrogens (tertiary/aromatic N) is 2. The lowest BCUT2D eigenvalue weighted by molar-refractivity contribution is -0.314. The van der Waals surface area contributed by atoms with Crippen LogP contribution in [0, 0.1) is 17.6 Å². The highest BCUT2D eigenvalue weighted by atomic mass is 19.1. The molecule has 2 aromatic rings. The van der Waals surface area contributed by atoms with Crippen LogP contribution in [0.25, 0.3) is 0 Å². The standard InChI is InChI=1S/C22H24F2N2O4/c23-18-10-17(11-19(24)12-18)20(25-29)14-26(13-15-4-2-1-3-5-15)21(22(27)28)16-6-8-30-9-7-16/h1-5,10-12,16,21,29H,6-9,13-14H2,(H,27,28)/p-1/b25-20-. The maximum atomic E-state index is 13.7. The molecular weight excluding hydrogens is 394 g/mol. The number of carboxylic acids is 1. The van der Waals surface area contributed by atoms with Gasteiger partial charge in [0.1, 0.15) is 17.3 Å². The summed E-state index contributed by atoms with van der Waals surface area (Å²) in [6.07, 6.45) is 1.09. The highest BCUT2D eigenvalue weighted by Crippen LogP contribution is 2.25. The molecule has 1 aliphatic rings. The van der Waals surface area contributed by atoms with Crippen LogP contribution in [-0.4, -0.2) is 47.6 Å². The van der Waals surface area contributed by atoms with E-state index in [0.717, 1.165) is 17.7 Å². The minimum atomic E-state index is -1.25. The summed E-state index contributed by atoms with van der Waals surface area (Å²) in [7, 11) is 0. The van der Waals surface area contributed by atoms with E-state index in [2.05, 4.69) is 5.16 Å². The van der Waals surface area contributed by atoms with E-state index in [-0.39, 0.29) is 30.3 Å². The lowest BCUT2D eigenvalue weighted by Gasteiger charge is -2.39. The second kappa shape index (κ2) is 10.3. The predicted octanol–water partition coefficient (Wildman–Crippen LogP) is 2.19. The molecule has 1 aliphatic heterocycles. The molecule has 160 valence electrons. The fraction of sp³-hybridized carbons (Fsp3) is 0.364. The van der Waals surface area contributed by atoms with Crippen LogP contribution in [0.15, 0.2) is 53.7 Å². The van der Waals surface area contributed by atoms with Crippen molar-refractivity contribution in [2.45, 2.75) is 25.4 Å². The van der Waals surface area contributed by atoms with Crippen molar-refractivity contribution in [1.82, 2.24) is 4.90 Å². The zero-order chi connectivity index (χ0) is 21.5. The number of rotatable bonds is 8. The Hall–Kier alpha value is -2.84. The van der Waals surface area contributed by atoms with Crippen molar-refractivity contribution < 1.29 is 28.6 Å². The van der Waals surface area contributed by atoms with Gasteiger partial charge in [-0.1, -0.05) is 35.5 Å². The second-order valence-electron chi connectivity index (χ2n) is 7.31. The number of hydrogen-bond acceptors (Lipinski definition) is 6. The summed E-state index contributed by atoms with van der Waals surface area (Å²) in [4.78, 5) is 13.7. The molecule has 1 atom stereocenters. The van der Waals surface area contributed by atoms with Gasteiger partial charge in [0.05, 0.1) is 12.0 Å². The molecule has 0 bridgehead atoms. The Bertz CT molecular complexity index is 866. The van der Waals surface area contributed by atoms with Gasteiger partial charge in [0, 0.05) is 37.9 Å². The first kappa shape index (κ1) is 21.9. The van der Waals surface area contributed by atoms with E-state index in [0.29, 0.717) is 32.1 Å². The Morgan fingerprint density at radius 1 is 1.17 bits per heavy atom. The van der Waals surface area contributed by atoms with Crippen molar-refractivity contribution in [1.29, 1.82) is 0 Å². The Balaban J connectivity index is 1.93. The molecule has 1 unspecified atom stereocenters. The number of ether oxygens (including phenoxy) is 1. The Labute approximate surface area is 173 Å².